The van der Waals surface area contributed by atoms with Crippen molar-refractivity contribution < 1.29 is 4.74 Å². The van der Waals surface area contributed by atoms with Gasteiger partial charge in [-0.2, -0.15) is 0 Å². The van der Waals surface area contributed by atoms with Crippen LogP contribution in [-0.2, 0) is 5.41 Å². The van der Waals surface area contributed by atoms with E-state index in [0.717, 1.165) is 28.3 Å². The van der Waals surface area contributed by atoms with Gasteiger partial charge in [0, 0.05) is 38.4 Å². The zero-order chi connectivity index (χ0) is 32.6. The summed E-state index contributed by atoms with van der Waals surface area (Å²) in [6.07, 6.45) is 0. The third kappa shape index (κ3) is 3.11. The molecule has 0 N–H and O–H groups in total. The van der Waals surface area contributed by atoms with Crippen LogP contribution in [0.25, 0.3) is 65.8 Å². The first-order valence-electron chi connectivity index (χ1n) is 17.3. The Labute approximate surface area is 287 Å². The summed E-state index contributed by atoms with van der Waals surface area (Å²) < 4.78 is 11.9. The van der Waals surface area contributed by atoms with Gasteiger partial charge in [-0.3, -0.25) is 0 Å². The van der Waals surface area contributed by atoms with Gasteiger partial charge in [0.05, 0.1) is 33.2 Å². The first-order chi connectivity index (χ1) is 24.8. The van der Waals surface area contributed by atoms with Gasteiger partial charge in [0.25, 0.3) is 0 Å². The highest BCUT2D eigenvalue weighted by Gasteiger charge is 2.50. The zero-order valence-electron chi connectivity index (χ0n) is 27.0. The topological polar surface area (TPSA) is 19.1 Å². The van der Waals surface area contributed by atoms with Crippen LogP contribution in [0.5, 0.6) is 11.5 Å². The third-order valence-corrected chi connectivity index (χ3v) is 11.3. The van der Waals surface area contributed by atoms with E-state index < -0.39 is 5.41 Å². The van der Waals surface area contributed by atoms with Crippen LogP contribution in [0.1, 0.15) is 22.3 Å². The lowest BCUT2D eigenvalue weighted by atomic mass is 9.61. The summed E-state index contributed by atoms with van der Waals surface area (Å²) in [5, 5.41) is 7.39. The molecule has 4 heterocycles. The van der Waals surface area contributed by atoms with Crippen molar-refractivity contribution in [3.05, 3.63) is 192 Å². The first kappa shape index (κ1) is 26.4. The molecule has 3 nitrogen and oxygen atoms in total. The molecule has 0 bridgehead atoms. The monoisotopic (exact) mass is 636 g/mol. The molecular formula is C47H28N2O. The number of benzene rings is 8. The summed E-state index contributed by atoms with van der Waals surface area (Å²) >= 11 is 0. The predicted octanol–water partition coefficient (Wildman–Crippen LogP) is 11.8. The second kappa shape index (κ2) is 9.31. The number of rotatable bonds is 1. The van der Waals surface area contributed by atoms with E-state index in [1.165, 1.54) is 71.2 Å². The Balaban J connectivity index is 1.28. The van der Waals surface area contributed by atoms with Crippen molar-refractivity contribution in [1.82, 2.24) is 9.13 Å². The van der Waals surface area contributed by atoms with Crippen molar-refractivity contribution in [2.24, 2.45) is 0 Å². The minimum atomic E-state index is -0.622. The summed E-state index contributed by atoms with van der Waals surface area (Å²) in [7, 11) is 0. The lowest BCUT2D eigenvalue weighted by Crippen LogP contribution is -2.37. The van der Waals surface area contributed by atoms with Crippen LogP contribution in [-0.4, -0.2) is 9.13 Å². The summed E-state index contributed by atoms with van der Waals surface area (Å²) in [5.41, 5.74) is 11.4. The number of para-hydroxylation sites is 5. The molecule has 12 rings (SSSR count). The largest absolute Gasteiger partial charge is 0.457 e. The lowest BCUT2D eigenvalue weighted by Gasteiger charge is -2.45. The molecule has 1 unspecified atom stereocenters. The molecular weight excluding hydrogens is 609 g/mol. The maximum atomic E-state index is 6.98. The molecule has 0 saturated carbocycles. The second-order valence-electron chi connectivity index (χ2n) is 13.7. The zero-order valence-corrected chi connectivity index (χ0v) is 27.0. The molecule has 8 aromatic carbocycles. The Morgan fingerprint density at radius 3 is 1.92 bits per heavy atom. The number of hydrogen-bond acceptors (Lipinski definition) is 1. The number of fused-ring (bicyclic) bond motifs is 15. The van der Waals surface area contributed by atoms with Crippen molar-refractivity contribution in [2.75, 3.05) is 0 Å². The third-order valence-electron chi connectivity index (χ3n) is 11.3. The summed E-state index contributed by atoms with van der Waals surface area (Å²) in [4.78, 5) is 0. The van der Waals surface area contributed by atoms with Crippen molar-refractivity contribution in [1.29, 1.82) is 0 Å². The van der Waals surface area contributed by atoms with Gasteiger partial charge in [0.15, 0.2) is 0 Å². The first-order valence-corrected chi connectivity index (χ1v) is 17.3. The molecule has 0 aliphatic carbocycles. The van der Waals surface area contributed by atoms with Gasteiger partial charge in [-0.1, -0.05) is 121 Å². The molecule has 2 aliphatic heterocycles. The van der Waals surface area contributed by atoms with Crippen LogP contribution in [0.3, 0.4) is 0 Å². The molecule has 1 spiro atoms. The van der Waals surface area contributed by atoms with Crippen molar-refractivity contribution in [3.63, 3.8) is 0 Å². The Kier molecular flexibility index (Phi) is 4.91. The highest BCUT2D eigenvalue weighted by Crippen LogP contribution is 2.61. The fourth-order valence-electron chi connectivity index (χ4n) is 9.38. The minimum absolute atomic E-state index is 0.622. The van der Waals surface area contributed by atoms with Crippen LogP contribution in [0.15, 0.2) is 170 Å². The number of ether oxygens (including phenoxy) is 1. The van der Waals surface area contributed by atoms with E-state index in [9.17, 15) is 0 Å². The molecule has 0 radical (unpaired) electrons. The molecule has 3 heteroatoms. The molecule has 0 amide bonds. The number of hydrogen-bond donors (Lipinski definition) is 0. The average molecular weight is 637 g/mol. The van der Waals surface area contributed by atoms with Crippen LogP contribution < -0.4 is 4.74 Å². The van der Waals surface area contributed by atoms with Gasteiger partial charge in [0.1, 0.15) is 11.5 Å². The van der Waals surface area contributed by atoms with E-state index in [1.807, 2.05) is 0 Å². The molecule has 1 atom stereocenters. The molecule has 10 aromatic rings. The van der Waals surface area contributed by atoms with Crippen molar-refractivity contribution in [3.8, 4) is 22.9 Å². The highest BCUT2D eigenvalue weighted by molar-refractivity contribution is 6.13. The van der Waals surface area contributed by atoms with Gasteiger partial charge < -0.3 is 13.9 Å². The SMILES string of the molecule is c1ccc2c(c1)Oc1cc3c4ccccc4n(-c4ccc5ccccc5c4)c3cc1C21c2ccccc2-n2c3ccccc3c3cccc1c32. The maximum Gasteiger partial charge on any atom is 0.133 e. The molecule has 2 aromatic heterocycles. The van der Waals surface area contributed by atoms with Crippen LogP contribution in [0.4, 0.5) is 0 Å². The fraction of sp³-hybridized carbons (Fsp3) is 0.0213. The Hall–Kier alpha value is -6.58. The Morgan fingerprint density at radius 2 is 1.04 bits per heavy atom. The molecule has 50 heavy (non-hydrogen) atoms. The normalized spacial score (nSPS) is 15.8. The standard InChI is InChI=1S/C47H28N2O/c1-2-13-30-26-31(25-24-29(30)12-1)48-40-20-7-4-15-33(40)35-27-45-39(28-43(35)48)47(37-18-6-10-23-44(37)50-45)36-17-5-9-22-42(36)49-41-21-8-3-14-32(41)34-16-11-19-38(47)46(34)49/h1-28H. The van der Waals surface area contributed by atoms with Crippen LogP contribution in [0, 0.1) is 0 Å². The second-order valence-corrected chi connectivity index (χ2v) is 13.7. The van der Waals surface area contributed by atoms with E-state index in [2.05, 4.69) is 179 Å². The molecule has 0 fully saturated rings. The van der Waals surface area contributed by atoms with E-state index in [4.69, 9.17) is 4.74 Å². The van der Waals surface area contributed by atoms with Gasteiger partial charge >= 0.3 is 0 Å². The summed E-state index contributed by atoms with van der Waals surface area (Å²) in [5.74, 6) is 1.79. The van der Waals surface area contributed by atoms with Gasteiger partial charge in [-0.15, -0.1) is 0 Å². The summed E-state index contributed by atoms with van der Waals surface area (Å²) in [6.45, 7) is 0. The highest BCUT2D eigenvalue weighted by atomic mass is 16.5. The van der Waals surface area contributed by atoms with E-state index in [1.54, 1.807) is 0 Å². The lowest BCUT2D eigenvalue weighted by molar-refractivity contribution is 0.435. The van der Waals surface area contributed by atoms with Crippen LogP contribution >= 0.6 is 0 Å². The Bertz CT molecular complexity index is 3090. The van der Waals surface area contributed by atoms with Gasteiger partial charge in [-0.25, -0.2) is 0 Å². The smallest absolute Gasteiger partial charge is 0.133 e. The fourth-order valence-corrected chi connectivity index (χ4v) is 9.38. The maximum absolute atomic E-state index is 6.98. The Morgan fingerprint density at radius 1 is 0.380 bits per heavy atom. The molecule has 232 valence electrons. The molecule has 2 aliphatic rings. The van der Waals surface area contributed by atoms with Crippen molar-refractivity contribution >= 4 is 54.4 Å². The van der Waals surface area contributed by atoms with Gasteiger partial charge in [0.2, 0.25) is 0 Å². The number of aromatic nitrogens is 2. The van der Waals surface area contributed by atoms with E-state index >= 15 is 0 Å². The van der Waals surface area contributed by atoms with Crippen LogP contribution in [0.2, 0.25) is 0 Å². The van der Waals surface area contributed by atoms with E-state index in [-0.39, 0.29) is 0 Å². The van der Waals surface area contributed by atoms with E-state index in [0.29, 0.717) is 0 Å². The minimum Gasteiger partial charge on any atom is -0.457 e. The average Bonchev–Trinajstić information content (AvgIpc) is 3.69. The quantitative estimate of drug-likeness (QED) is 0.175. The summed E-state index contributed by atoms with van der Waals surface area (Å²) in [6, 6.07) is 62.3. The molecule has 0 saturated heterocycles. The van der Waals surface area contributed by atoms with Gasteiger partial charge in [-0.05, 0) is 70.4 Å². The predicted molar refractivity (Wildman–Crippen MR) is 205 cm³/mol. The number of nitrogens with zero attached hydrogens (tertiary/aromatic N) is 2. The van der Waals surface area contributed by atoms with Crippen molar-refractivity contribution in [2.45, 2.75) is 5.41 Å².